The van der Waals surface area contributed by atoms with E-state index in [0.717, 1.165) is 31.7 Å². The van der Waals surface area contributed by atoms with Gasteiger partial charge in [-0.05, 0) is 58.1 Å². The van der Waals surface area contributed by atoms with Gasteiger partial charge in [-0.25, -0.2) is 18.0 Å². The first-order valence-electron chi connectivity index (χ1n) is 12.7. The zero-order valence-electron chi connectivity index (χ0n) is 20.6. The molecule has 1 aliphatic carbocycles. The van der Waals surface area contributed by atoms with Gasteiger partial charge in [-0.15, -0.1) is 0 Å². The number of piperazine rings is 1. The maximum Gasteiger partial charge on any atom is 0.317 e. The van der Waals surface area contributed by atoms with Gasteiger partial charge < -0.3 is 10.2 Å². The SMILES string of the molecule is Cc1cnc(C2CCN(C(=O)N[C@@H]3[C@@H](N4CCN(C(C)C)CC4)CCCC3(F)F)CC2)c(F)c1. The molecule has 0 aromatic carbocycles. The maximum absolute atomic E-state index is 15.0. The zero-order chi connectivity index (χ0) is 24.5. The lowest BCUT2D eigenvalue weighted by Gasteiger charge is -2.47. The third-order valence-corrected chi connectivity index (χ3v) is 7.85. The summed E-state index contributed by atoms with van der Waals surface area (Å²) < 4.78 is 44.4. The smallest absolute Gasteiger partial charge is 0.317 e. The molecule has 4 rings (SSSR count). The van der Waals surface area contributed by atoms with Crippen LogP contribution in [-0.2, 0) is 0 Å². The van der Waals surface area contributed by atoms with Gasteiger partial charge in [0.15, 0.2) is 0 Å². The standard InChI is InChI=1S/C25H38F3N5O/c1-17(2)31-11-13-32(14-12-31)21-5-4-8-25(27,28)23(21)30-24(34)33-9-6-19(7-10-33)22-20(26)15-18(3)16-29-22/h15-17,19,21,23H,4-14H2,1-3H3,(H,30,34)/t21-,23+/m0/s1. The van der Waals surface area contributed by atoms with Crippen LogP contribution in [0.2, 0.25) is 0 Å². The molecular formula is C25H38F3N5O. The fourth-order valence-corrected chi connectivity index (χ4v) is 5.76. The number of nitrogens with one attached hydrogen (secondary N) is 1. The molecule has 1 saturated carbocycles. The van der Waals surface area contributed by atoms with Crippen LogP contribution in [0.1, 0.15) is 63.1 Å². The van der Waals surface area contributed by atoms with E-state index in [2.05, 4.69) is 33.9 Å². The van der Waals surface area contributed by atoms with E-state index in [1.54, 1.807) is 18.0 Å². The summed E-state index contributed by atoms with van der Waals surface area (Å²) in [5, 5.41) is 2.73. The number of carbonyl (C=O) groups is 1. The highest BCUT2D eigenvalue weighted by molar-refractivity contribution is 5.75. The molecule has 0 unspecified atom stereocenters. The Morgan fingerprint density at radius 1 is 1.12 bits per heavy atom. The van der Waals surface area contributed by atoms with Gasteiger partial charge in [0.2, 0.25) is 0 Å². The monoisotopic (exact) mass is 481 g/mol. The Morgan fingerprint density at radius 3 is 2.41 bits per heavy atom. The van der Waals surface area contributed by atoms with Crippen LogP contribution in [0, 0.1) is 12.7 Å². The van der Waals surface area contributed by atoms with Crippen molar-refractivity contribution in [2.24, 2.45) is 0 Å². The first-order chi connectivity index (χ1) is 16.2. The number of carbonyl (C=O) groups excluding carboxylic acids is 1. The molecule has 190 valence electrons. The second-order valence-corrected chi connectivity index (χ2v) is 10.5. The molecule has 0 radical (unpaired) electrons. The number of urea groups is 1. The summed E-state index contributed by atoms with van der Waals surface area (Å²) in [7, 11) is 0. The number of hydrogen-bond donors (Lipinski definition) is 1. The van der Waals surface area contributed by atoms with E-state index < -0.39 is 18.0 Å². The van der Waals surface area contributed by atoms with Crippen molar-refractivity contribution in [3.8, 4) is 0 Å². The number of halogens is 3. The van der Waals surface area contributed by atoms with Gasteiger partial charge in [-0.2, -0.15) is 0 Å². The van der Waals surface area contributed by atoms with E-state index in [9.17, 15) is 9.18 Å². The Morgan fingerprint density at radius 2 is 1.79 bits per heavy atom. The number of piperidine rings is 1. The van der Waals surface area contributed by atoms with Crippen LogP contribution in [0.25, 0.3) is 0 Å². The summed E-state index contributed by atoms with van der Waals surface area (Å²) in [6, 6.07) is -0.0583. The van der Waals surface area contributed by atoms with Gasteiger partial charge in [0, 0.05) is 69.9 Å². The van der Waals surface area contributed by atoms with E-state index in [1.807, 2.05) is 0 Å². The third kappa shape index (κ3) is 5.51. The van der Waals surface area contributed by atoms with Crippen LogP contribution in [0.4, 0.5) is 18.0 Å². The van der Waals surface area contributed by atoms with E-state index in [-0.39, 0.29) is 24.2 Å². The van der Waals surface area contributed by atoms with Crippen molar-refractivity contribution < 1.29 is 18.0 Å². The molecule has 9 heteroatoms. The number of aromatic nitrogens is 1. The number of amides is 2. The molecule has 2 amide bonds. The lowest BCUT2D eigenvalue weighted by molar-refractivity contribution is -0.0973. The van der Waals surface area contributed by atoms with Crippen molar-refractivity contribution in [2.75, 3.05) is 39.3 Å². The van der Waals surface area contributed by atoms with Crippen LogP contribution in [0.3, 0.4) is 0 Å². The third-order valence-electron chi connectivity index (χ3n) is 7.85. The van der Waals surface area contributed by atoms with Crippen LogP contribution in [0.15, 0.2) is 12.3 Å². The average Bonchev–Trinajstić information content (AvgIpc) is 2.80. The maximum atomic E-state index is 15.0. The molecule has 0 bridgehead atoms. The van der Waals surface area contributed by atoms with Crippen molar-refractivity contribution in [3.63, 3.8) is 0 Å². The van der Waals surface area contributed by atoms with E-state index in [4.69, 9.17) is 0 Å². The average molecular weight is 482 g/mol. The molecular weight excluding hydrogens is 443 g/mol. The molecule has 1 aromatic heterocycles. The Hall–Kier alpha value is -1.87. The van der Waals surface area contributed by atoms with Gasteiger partial charge in [0.25, 0.3) is 5.92 Å². The molecule has 1 aromatic rings. The largest absolute Gasteiger partial charge is 0.328 e. The predicted octanol–water partition coefficient (Wildman–Crippen LogP) is 4.00. The lowest BCUT2D eigenvalue weighted by Crippen LogP contribution is -2.66. The predicted molar refractivity (Wildman–Crippen MR) is 126 cm³/mol. The molecule has 3 heterocycles. The topological polar surface area (TPSA) is 51.7 Å². The lowest BCUT2D eigenvalue weighted by atomic mass is 9.85. The molecule has 2 atom stereocenters. The van der Waals surface area contributed by atoms with Gasteiger partial charge in [0.1, 0.15) is 11.9 Å². The van der Waals surface area contributed by atoms with Gasteiger partial charge in [-0.3, -0.25) is 14.8 Å². The van der Waals surface area contributed by atoms with E-state index in [0.29, 0.717) is 50.5 Å². The summed E-state index contributed by atoms with van der Waals surface area (Å²) in [6.45, 7) is 10.1. The van der Waals surface area contributed by atoms with E-state index >= 15 is 8.78 Å². The van der Waals surface area contributed by atoms with Gasteiger partial charge in [0.05, 0.1) is 5.69 Å². The minimum Gasteiger partial charge on any atom is -0.328 e. The second-order valence-electron chi connectivity index (χ2n) is 10.5. The number of aryl methyl sites for hydroxylation is 1. The molecule has 34 heavy (non-hydrogen) atoms. The molecule has 2 aliphatic heterocycles. The van der Waals surface area contributed by atoms with Crippen molar-refractivity contribution in [1.82, 2.24) is 25.0 Å². The van der Waals surface area contributed by atoms with E-state index in [1.165, 1.54) is 6.07 Å². The van der Waals surface area contributed by atoms with Crippen molar-refractivity contribution in [2.45, 2.75) is 82.8 Å². The van der Waals surface area contributed by atoms with Gasteiger partial charge in [-0.1, -0.05) is 0 Å². The van der Waals surface area contributed by atoms with Crippen molar-refractivity contribution in [1.29, 1.82) is 0 Å². The fraction of sp³-hybridized carbons (Fsp3) is 0.760. The minimum atomic E-state index is -2.93. The van der Waals surface area contributed by atoms with Gasteiger partial charge >= 0.3 is 6.03 Å². The second kappa shape index (κ2) is 10.4. The minimum absolute atomic E-state index is 0.0641. The first-order valence-corrected chi connectivity index (χ1v) is 12.7. The molecule has 3 aliphatic rings. The Balaban J connectivity index is 1.37. The molecule has 0 spiro atoms. The first kappa shape index (κ1) is 25.2. The number of pyridine rings is 1. The molecule has 6 nitrogen and oxygen atoms in total. The number of nitrogens with zero attached hydrogens (tertiary/aromatic N) is 4. The molecule has 1 N–H and O–H groups in total. The quantitative estimate of drug-likeness (QED) is 0.706. The van der Waals surface area contributed by atoms with Crippen LogP contribution >= 0.6 is 0 Å². The summed E-state index contributed by atoms with van der Waals surface area (Å²) in [5.41, 5.74) is 1.21. The van der Waals surface area contributed by atoms with Crippen LogP contribution in [0.5, 0.6) is 0 Å². The number of alkyl halides is 2. The number of likely N-dealkylation sites (tertiary alicyclic amines) is 1. The highest BCUT2D eigenvalue weighted by Crippen LogP contribution is 2.37. The van der Waals surface area contributed by atoms with Crippen LogP contribution in [-0.4, -0.2) is 89.0 Å². The zero-order valence-corrected chi connectivity index (χ0v) is 20.6. The molecule has 2 saturated heterocycles. The highest BCUT2D eigenvalue weighted by atomic mass is 19.3. The fourth-order valence-electron chi connectivity index (χ4n) is 5.76. The normalized spacial score (nSPS) is 27.2. The summed E-state index contributed by atoms with van der Waals surface area (Å²) in [4.78, 5) is 23.4. The number of hydrogen-bond acceptors (Lipinski definition) is 4. The summed E-state index contributed by atoms with van der Waals surface area (Å²) in [5.74, 6) is -3.31. The number of rotatable bonds is 4. The Kier molecular flexibility index (Phi) is 7.72. The van der Waals surface area contributed by atoms with Crippen molar-refractivity contribution >= 4 is 6.03 Å². The van der Waals surface area contributed by atoms with Crippen molar-refractivity contribution in [3.05, 3.63) is 29.3 Å². The Labute approximate surface area is 200 Å². The Bertz CT molecular complexity index is 851. The summed E-state index contributed by atoms with van der Waals surface area (Å²) in [6.07, 6.45) is 3.74. The summed E-state index contributed by atoms with van der Waals surface area (Å²) >= 11 is 0. The van der Waals surface area contributed by atoms with Crippen LogP contribution < -0.4 is 5.32 Å². The highest BCUT2D eigenvalue weighted by Gasteiger charge is 2.50. The molecule has 3 fully saturated rings.